The summed E-state index contributed by atoms with van der Waals surface area (Å²) in [5.74, 6) is 0. The highest BCUT2D eigenvalue weighted by Gasteiger charge is 2.01. The molecule has 0 aliphatic rings. The maximum Gasteiger partial charge on any atom is 0.135 e. The quantitative estimate of drug-likeness (QED) is 0.613. The molecule has 0 unspecified atom stereocenters. The molecule has 0 saturated carbocycles. The summed E-state index contributed by atoms with van der Waals surface area (Å²) in [5, 5.41) is 12.3. The molecule has 1 aromatic rings. The van der Waals surface area contributed by atoms with E-state index in [2.05, 4.69) is 5.10 Å². The Morgan fingerprint density at radius 1 is 1.90 bits per heavy atom. The largest absolute Gasteiger partial charge is 0.396 e. The molecular weight excluding hydrogens is 128 g/mol. The molecule has 1 rings (SSSR count). The average Bonchev–Trinajstić information content (AvgIpc) is 2.34. The second-order valence-corrected chi connectivity index (χ2v) is 2.06. The van der Waals surface area contributed by atoms with Crippen molar-refractivity contribution in [2.24, 2.45) is 0 Å². The van der Waals surface area contributed by atoms with Crippen molar-refractivity contribution in [1.82, 2.24) is 9.78 Å². The van der Waals surface area contributed by atoms with Crippen LogP contribution < -0.4 is 5.73 Å². The predicted molar refractivity (Wildman–Crippen MR) is 37.0 cm³/mol. The van der Waals surface area contributed by atoms with Gasteiger partial charge in [-0.3, -0.25) is 4.68 Å². The number of nitriles is 1. The van der Waals surface area contributed by atoms with Gasteiger partial charge >= 0.3 is 0 Å². The minimum Gasteiger partial charge on any atom is -0.396 e. The first-order valence-corrected chi connectivity index (χ1v) is 2.93. The van der Waals surface area contributed by atoms with Gasteiger partial charge in [-0.05, 0) is 6.92 Å². The van der Waals surface area contributed by atoms with Gasteiger partial charge in [0, 0.05) is 6.20 Å². The Balaban J connectivity index is 2.87. The van der Waals surface area contributed by atoms with Crippen molar-refractivity contribution in [3.05, 3.63) is 12.4 Å². The molecule has 0 aliphatic carbocycles. The molecule has 1 aromatic heterocycles. The number of rotatable bonds is 1. The van der Waals surface area contributed by atoms with Crippen LogP contribution in [-0.2, 0) is 0 Å². The van der Waals surface area contributed by atoms with Crippen LogP contribution >= 0.6 is 0 Å². The fourth-order valence-electron chi connectivity index (χ4n) is 0.624. The van der Waals surface area contributed by atoms with E-state index in [1.165, 1.54) is 10.9 Å². The molecule has 1 atom stereocenters. The Morgan fingerprint density at radius 2 is 2.60 bits per heavy atom. The van der Waals surface area contributed by atoms with E-state index in [1.54, 1.807) is 13.1 Å². The van der Waals surface area contributed by atoms with Crippen LogP contribution in [0.3, 0.4) is 0 Å². The molecule has 52 valence electrons. The first-order chi connectivity index (χ1) is 4.74. The van der Waals surface area contributed by atoms with Crippen molar-refractivity contribution in [2.75, 3.05) is 5.73 Å². The van der Waals surface area contributed by atoms with Crippen LogP contribution in [0, 0.1) is 11.3 Å². The van der Waals surface area contributed by atoms with Crippen LogP contribution in [0.15, 0.2) is 12.4 Å². The molecule has 4 nitrogen and oxygen atoms in total. The predicted octanol–water partition coefficient (Wildman–Crippen LogP) is 0.550. The van der Waals surface area contributed by atoms with Crippen molar-refractivity contribution < 1.29 is 0 Å². The Kier molecular flexibility index (Phi) is 1.59. The number of nitrogen functional groups attached to an aromatic ring is 1. The molecule has 0 amide bonds. The van der Waals surface area contributed by atoms with Crippen molar-refractivity contribution in [1.29, 1.82) is 5.26 Å². The lowest BCUT2D eigenvalue weighted by atomic mass is 10.4. The van der Waals surface area contributed by atoms with Crippen molar-refractivity contribution >= 4 is 5.69 Å². The summed E-state index contributed by atoms with van der Waals surface area (Å²) in [5.41, 5.74) is 5.96. The summed E-state index contributed by atoms with van der Waals surface area (Å²) in [4.78, 5) is 0. The monoisotopic (exact) mass is 136 g/mol. The van der Waals surface area contributed by atoms with Gasteiger partial charge < -0.3 is 5.73 Å². The first kappa shape index (κ1) is 6.62. The Hall–Kier alpha value is -1.50. The van der Waals surface area contributed by atoms with E-state index in [0.717, 1.165) is 0 Å². The highest BCUT2D eigenvalue weighted by Crippen LogP contribution is 2.05. The van der Waals surface area contributed by atoms with Gasteiger partial charge in [0.15, 0.2) is 0 Å². The SMILES string of the molecule is C[C@H](C#N)n1cc(N)cn1. The zero-order chi connectivity index (χ0) is 7.56. The zero-order valence-corrected chi connectivity index (χ0v) is 5.65. The van der Waals surface area contributed by atoms with Gasteiger partial charge in [0.2, 0.25) is 0 Å². The third kappa shape index (κ3) is 1.08. The third-order valence-corrected chi connectivity index (χ3v) is 1.21. The summed E-state index contributed by atoms with van der Waals surface area (Å²) in [7, 11) is 0. The van der Waals surface area contributed by atoms with E-state index in [-0.39, 0.29) is 6.04 Å². The van der Waals surface area contributed by atoms with Crippen molar-refractivity contribution in [3.63, 3.8) is 0 Å². The molecule has 0 fully saturated rings. The van der Waals surface area contributed by atoms with Crippen LogP contribution in [0.1, 0.15) is 13.0 Å². The normalized spacial score (nSPS) is 12.4. The number of aromatic nitrogens is 2. The van der Waals surface area contributed by atoms with E-state index in [4.69, 9.17) is 11.0 Å². The Morgan fingerprint density at radius 3 is 3.00 bits per heavy atom. The van der Waals surface area contributed by atoms with Crippen LogP contribution in [0.4, 0.5) is 5.69 Å². The summed E-state index contributed by atoms with van der Waals surface area (Å²) < 4.78 is 1.52. The van der Waals surface area contributed by atoms with E-state index in [9.17, 15) is 0 Å². The first-order valence-electron chi connectivity index (χ1n) is 2.93. The number of anilines is 1. The van der Waals surface area contributed by atoms with E-state index >= 15 is 0 Å². The standard InChI is InChI=1S/C6H8N4/c1-5(2-7)10-4-6(8)3-9-10/h3-5H,8H2,1H3/t5-/m1/s1. The van der Waals surface area contributed by atoms with Gasteiger partial charge in [0.1, 0.15) is 6.04 Å². The lowest BCUT2D eigenvalue weighted by molar-refractivity contribution is 0.591. The molecule has 1 heterocycles. The smallest absolute Gasteiger partial charge is 0.135 e. The number of hydrogen-bond donors (Lipinski definition) is 1. The minimum atomic E-state index is -0.239. The van der Waals surface area contributed by atoms with Crippen LogP contribution in [0.5, 0.6) is 0 Å². The molecule has 0 aliphatic heterocycles. The number of hydrogen-bond acceptors (Lipinski definition) is 3. The van der Waals surface area contributed by atoms with Gasteiger partial charge in [-0.1, -0.05) is 0 Å². The molecule has 0 aromatic carbocycles. The topological polar surface area (TPSA) is 67.6 Å². The second-order valence-electron chi connectivity index (χ2n) is 2.06. The highest BCUT2D eigenvalue weighted by molar-refractivity contribution is 5.30. The molecule has 4 heteroatoms. The molecule has 0 bridgehead atoms. The van der Waals surface area contributed by atoms with E-state index in [1.807, 2.05) is 6.07 Å². The van der Waals surface area contributed by atoms with Gasteiger partial charge in [-0.2, -0.15) is 10.4 Å². The van der Waals surface area contributed by atoms with Crippen LogP contribution in [0.2, 0.25) is 0 Å². The minimum absolute atomic E-state index is 0.239. The maximum atomic E-state index is 8.45. The lowest BCUT2D eigenvalue weighted by Gasteiger charge is -1.99. The second kappa shape index (κ2) is 2.40. The summed E-state index contributed by atoms with van der Waals surface area (Å²) in [6.07, 6.45) is 3.15. The number of nitrogens with zero attached hydrogens (tertiary/aromatic N) is 3. The van der Waals surface area contributed by atoms with Crippen LogP contribution in [-0.4, -0.2) is 9.78 Å². The highest BCUT2D eigenvalue weighted by atomic mass is 15.3. The zero-order valence-electron chi connectivity index (χ0n) is 5.65. The molecule has 2 N–H and O–H groups in total. The fraction of sp³-hybridized carbons (Fsp3) is 0.333. The lowest BCUT2D eigenvalue weighted by Crippen LogP contribution is -2.01. The number of nitrogens with two attached hydrogens (primary N) is 1. The molecule has 0 radical (unpaired) electrons. The summed E-state index contributed by atoms with van der Waals surface area (Å²) in [6, 6.07) is 1.80. The Bertz CT molecular complexity index is 257. The molecule has 0 spiro atoms. The average molecular weight is 136 g/mol. The molecule has 0 saturated heterocycles. The van der Waals surface area contributed by atoms with E-state index in [0.29, 0.717) is 5.69 Å². The van der Waals surface area contributed by atoms with Crippen LogP contribution in [0.25, 0.3) is 0 Å². The van der Waals surface area contributed by atoms with Gasteiger partial charge in [0.25, 0.3) is 0 Å². The molecule has 10 heavy (non-hydrogen) atoms. The Labute approximate surface area is 58.9 Å². The molecular formula is C6H8N4. The summed E-state index contributed by atoms with van der Waals surface area (Å²) >= 11 is 0. The van der Waals surface area contributed by atoms with Crippen molar-refractivity contribution in [3.8, 4) is 6.07 Å². The maximum absolute atomic E-state index is 8.45. The van der Waals surface area contributed by atoms with Gasteiger partial charge in [0.05, 0.1) is 18.0 Å². The van der Waals surface area contributed by atoms with Crippen molar-refractivity contribution in [2.45, 2.75) is 13.0 Å². The summed E-state index contributed by atoms with van der Waals surface area (Å²) in [6.45, 7) is 1.76. The fourth-order valence-corrected chi connectivity index (χ4v) is 0.624. The van der Waals surface area contributed by atoms with Gasteiger partial charge in [-0.25, -0.2) is 0 Å². The van der Waals surface area contributed by atoms with E-state index < -0.39 is 0 Å². The van der Waals surface area contributed by atoms with Gasteiger partial charge in [-0.15, -0.1) is 0 Å². The third-order valence-electron chi connectivity index (χ3n) is 1.21.